The van der Waals surface area contributed by atoms with Crippen LogP contribution in [-0.4, -0.2) is 48.7 Å². The number of benzene rings is 1. The van der Waals surface area contributed by atoms with Crippen molar-refractivity contribution < 1.29 is 14.3 Å². The van der Waals surface area contributed by atoms with E-state index in [-0.39, 0.29) is 24.1 Å². The number of nitrogens with zero attached hydrogens (tertiary/aromatic N) is 2. The van der Waals surface area contributed by atoms with Crippen LogP contribution in [-0.2, 0) is 16.0 Å². The lowest BCUT2D eigenvalue weighted by atomic mass is 10.1. The van der Waals surface area contributed by atoms with Crippen LogP contribution in [0.25, 0.3) is 0 Å². The molecule has 0 spiro atoms. The van der Waals surface area contributed by atoms with Gasteiger partial charge in [0.2, 0.25) is 5.91 Å². The van der Waals surface area contributed by atoms with Crippen LogP contribution in [0.2, 0.25) is 0 Å². The highest BCUT2D eigenvalue weighted by Gasteiger charge is 2.38. The SMILES string of the molecule is CC(=O)N1CCc2cc(NC(=O)N3CC(C)OC(C4CC4)C3)ccc21. The van der Waals surface area contributed by atoms with Crippen molar-refractivity contribution in [3.05, 3.63) is 23.8 Å². The second kappa shape index (κ2) is 6.33. The van der Waals surface area contributed by atoms with E-state index in [0.29, 0.717) is 25.6 Å². The number of amides is 3. The predicted octanol–water partition coefficient (Wildman–Crippen LogP) is 2.63. The second-order valence-electron chi connectivity index (χ2n) is 7.42. The van der Waals surface area contributed by atoms with Gasteiger partial charge in [0.15, 0.2) is 0 Å². The van der Waals surface area contributed by atoms with Crippen LogP contribution < -0.4 is 10.2 Å². The normalized spacial score (nSPS) is 25.7. The Kier molecular flexibility index (Phi) is 4.15. The van der Waals surface area contributed by atoms with E-state index in [1.165, 1.54) is 12.8 Å². The van der Waals surface area contributed by atoms with Crippen molar-refractivity contribution in [1.82, 2.24) is 4.90 Å². The Balaban J connectivity index is 1.43. The number of ether oxygens (including phenoxy) is 1. The first-order chi connectivity index (χ1) is 12.0. The Labute approximate surface area is 148 Å². The minimum atomic E-state index is -0.0674. The van der Waals surface area contributed by atoms with Crippen molar-refractivity contribution in [3.63, 3.8) is 0 Å². The standard InChI is InChI=1S/C19H25N3O3/c1-12-10-21(11-18(25-12)14-3-4-14)19(24)20-16-5-6-17-15(9-16)7-8-22(17)13(2)23/h5-6,9,12,14,18H,3-4,7-8,10-11H2,1-2H3,(H,20,24). The molecule has 1 saturated carbocycles. The third kappa shape index (κ3) is 3.35. The van der Waals surface area contributed by atoms with Gasteiger partial charge in [-0.3, -0.25) is 4.79 Å². The van der Waals surface area contributed by atoms with Crippen LogP contribution >= 0.6 is 0 Å². The highest BCUT2D eigenvalue weighted by atomic mass is 16.5. The molecule has 2 aliphatic heterocycles. The Morgan fingerprint density at radius 2 is 2.04 bits per heavy atom. The molecule has 25 heavy (non-hydrogen) atoms. The van der Waals surface area contributed by atoms with Crippen LogP contribution in [0.1, 0.15) is 32.3 Å². The lowest BCUT2D eigenvalue weighted by molar-refractivity contribution is -0.116. The van der Waals surface area contributed by atoms with Gasteiger partial charge in [0.25, 0.3) is 0 Å². The highest BCUT2D eigenvalue weighted by Crippen LogP contribution is 2.37. The zero-order chi connectivity index (χ0) is 17.6. The molecule has 2 heterocycles. The molecule has 3 amide bonds. The first-order valence-corrected chi connectivity index (χ1v) is 9.13. The van der Waals surface area contributed by atoms with Crippen molar-refractivity contribution in [2.75, 3.05) is 29.9 Å². The molecule has 2 unspecified atom stereocenters. The van der Waals surface area contributed by atoms with E-state index in [2.05, 4.69) is 5.32 Å². The fourth-order valence-corrected chi connectivity index (χ4v) is 3.89. The van der Waals surface area contributed by atoms with Crippen LogP contribution in [0.4, 0.5) is 16.2 Å². The van der Waals surface area contributed by atoms with Crippen molar-refractivity contribution in [1.29, 1.82) is 0 Å². The largest absolute Gasteiger partial charge is 0.371 e. The van der Waals surface area contributed by atoms with Gasteiger partial charge in [0, 0.05) is 37.9 Å². The van der Waals surface area contributed by atoms with Gasteiger partial charge in [-0.1, -0.05) is 0 Å². The summed E-state index contributed by atoms with van der Waals surface area (Å²) in [4.78, 5) is 28.0. The summed E-state index contributed by atoms with van der Waals surface area (Å²) >= 11 is 0. The van der Waals surface area contributed by atoms with Gasteiger partial charge in [0.1, 0.15) is 0 Å². The Bertz CT molecular complexity index is 701. The van der Waals surface area contributed by atoms with Crippen molar-refractivity contribution >= 4 is 23.3 Å². The van der Waals surface area contributed by atoms with E-state index >= 15 is 0 Å². The van der Waals surface area contributed by atoms with Gasteiger partial charge in [-0.05, 0) is 55.9 Å². The number of hydrogen-bond acceptors (Lipinski definition) is 3. The number of morpholine rings is 1. The number of carbonyl (C=O) groups is 2. The molecule has 0 radical (unpaired) electrons. The van der Waals surface area contributed by atoms with Gasteiger partial charge in [-0.25, -0.2) is 4.79 Å². The molecular weight excluding hydrogens is 318 g/mol. The zero-order valence-corrected chi connectivity index (χ0v) is 14.8. The number of rotatable bonds is 2. The molecule has 6 nitrogen and oxygen atoms in total. The molecule has 2 fully saturated rings. The summed E-state index contributed by atoms with van der Waals surface area (Å²) in [6.45, 7) is 5.62. The number of fused-ring (bicyclic) bond motifs is 1. The number of anilines is 2. The summed E-state index contributed by atoms with van der Waals surface area (Å²) in [6, 6.07) is 5.72. The summed E-state index contributed by atoms with van der Waals surface area (Å²) in [6.07, 6.45) is 3.51. The van der Waals surface area contributed by atoms with E-state index in [0.717, 1.165) is 23.4 Å². The first-order valence-electron chi connectivity index (χ1n) is 9.13. The minimum Gasteiger partial charge on any atom is -0.371 e. The van der Waals surface area contributed by atoms with Crippen molar-refractivity contribution in [2.45, 2.75) is 45.3 Å². The molecule has 1 aromatic rings. The van der Waals surface area contributed by atoms with E-state index in [1.807, 2.05) is 30.0 Å². The van der Waals surface area contributed by atoms with Gasteiger partial charge in [0.05, 0.1) is 12.2 Å². The molecule has 6 heteroatoms. The van der Waals surface area contributed by atoms with Gasteiger partial charge >= 0.3 is 6.03 Å². The van der Waals surface area contributed by atoms with Crippen molar-refractivity contribution in [2.24, 2.45) is 5.92 Å². The lowest BCUT2D eigenvalue weighted by Gasteiger charge is -2.37. The highest BCUT2D eigenvalue weighted by molar-refractivity contribution is 5.95. The van der Waals surface area contributed by atoms with E-state index in [1.54, 1.807) is 11.8 Å². The summed E-state index contributed by atoms with van der Waals surface area (Å²) in [7, 11) is 0. The Morgan fingerprint density at radius 3 is 2.76 bits per heavy atom. The number of urea groups is 1. The quantitative estimate of drug-likeness (QED) is 0.898. The maximum Gasteiger partial charge on any atom is 0.322 e. The summed E-state index contributed by atoms with van der Waals surface area (Å²) in [5.41, 5.74) is 2.86. The maximum absolute atomic E-state index is 12.7. The number of carbonyl (C=O) groups excluding carboxylic acids is 2. The van der Waals surface area contributed by atoms with Gasteiger partial charge in [-0.15, -0.1) is 0 Å². The van der Waals surface area contributed by atoms with Gasteiger partial charge in [-0.2, -0.15) is 0 Å². The molecule has 1 saturated heterocycles. The second-order valence-corrected chi connectivity index (χ2v) is 7.42. The van der Waals surface area contributed by atoms with Crippen LogP contribution in [0.3, 0.4) is 0 Å². The molecule has 1 aromatic carbocycles. The molecule has 134 valence electrons. The zero-order valence-electron chi connectivity index (χ0n) is 14.8. The molecule has 4 rings (SSSR count). The number of nitrogens with one attached hydrogen (secondary N) is 1. The molecule has 3 aliphatic rings. The van der Waals surface area contributed by atoms with E-state index in [4.69, 9.17) is 4.74 Å². The third-order valence-corrected chi connectivity index (χ3v) is 5.33. The van der Waals surface area contributed by atoms with Crippen LogP contribution in [0.5, 0.6) is 0 Å². The lowest BCUT2D eigenvalue weighted by Crippen LogP contribution is -2.51. The third-order valence-electron chi connectivity index (χ3n) is 5.33. The minimum absolute atomic E-state index is 0.0592. The predicted molar refractivity (Wildman–Crippen MR) is 95.8 cm³/mol. The fraction of sp³-hybridized carbons (Fsp3) is 0.579. The Morgan fingerprint density at radius 1 is 1.24 bits per heavy atom. The average Bonchev–Trinajstić information content (AvgIpc) is 3.33. The molecule has 0 bridgehead atoms. The molecule has 1 aliphatic carbocycles. The van der Waals surface area contributed by atoms with E-state index in [9.17, 15) is 9.59 Å². The van der Waals surface area contributed by atoms with Crippen LogP contribution in [0, 0.1) is 5.92 Å². The Hall–Kier alpha value is -2.08. The molecular formula is C19H25N3O3. The van der Waals surface area contributed by atoms with Crippen LogP contribution in [0.15, 0.2) is 18.2 Å². The van der Waals surface area contributed by atoms with Crippen molar-refractivity contribution in [3.8, 4) is 0 Å². The van der Waals surface area contributed by atoms with E-state index < -0.39 is 0 Å². The summed E-state index contributed by atoms with van der Waals surface area (Å²) in [5.74, 6) is 0.680. The van der Waals surface area contributed by atoms with Gasteiger partial charge < -0.3 is 19.9 Å². The molecule has 1 N–H and O–H groups in total. The summed E-state index contributed by atoms with van der Waals surface area (Å²) < 4.78 is 5.98. The average molecular weight is 343 g/mol. The fourth-order valence-electron chi connectivity index (χ4n) is 3.89. The monoisotopic (exact) mass is 343 g/mol. The topological polar surface area (TPSA) is 61.9 Å². The maximum atomic E-state index is 12.7. The molecule has 2 atom stereocenters. The smallest absolute Gasteiger partial charge is 0.322 e. The number of hydrogen-bond donors (Lipinski definition) is 1. The first kappa shape index (κ1) is 16.4. The summed E-state index contributed by atoms with van der Waals surface area (Å²) in [5, 5.41) is 3.01. The molecule has 0 aromatic heterocycles.